The van der Waals surface area contributed by atoms with Crippen LogP contribution in [0.25, 0.3) is 0 Å². The van der Waals surface area contributed by atoms with Gasteiger partial charge in [-0.1, -0.05) is 30.3 Å². The highest BCUT2D eigenvalue weighted by molar-refractivity contribution is 5.70. The quantitative estimate of drug-likeness (QED) is 0.899. The largest absolute Gasteiger partial charge is 0.496 e. The molecule has 132 valence electrons. The molecule has 2 aromatic rings. The molecule has 1 aliphatic heterocycles. The summed E-state index contributed by atoms with van der Waals surface area (Å²) >= 11 is 0. The van der Waals surface area contributed by atoms with Crippen LogP contribution in [-0.4, -0.2) is 36.2 Å². The molecule has 0 amide bonds. The lowest BCUT2D eigenvalue weighted by Crippen LogP contribution is -2.41. The standard InChI is InChI=1S/C20H22FNO3/c1-25-18-10-3-2-9-17(18)19(14-6-4-8-16(21)12-14)22-11-5-7-15(13-22)20(23)24/h2-4,6,8-10,12,15,19H,5,7,11,13H2,1H3,(H,23,24). The Morgan fingerprint density at radius 2 is 2.08 bits per heavy atom. The van der Waals surface area contributed by atoms with Crippen LogP contribution in [0.1, 0.15) is 30.0 Å². The Kier molecular flexibility index (Phi) is 5.34. The highest BCUT2D eigenvalue weighted by atomic mass is 19.1. The second-order valence-electron chi connectivity index (χ2n) is 6.37. The van der Waals surface area contributed by atoms with E-state index < -0.39 is 11.9 Å². The van der Waals surface area contributed by atoms with E-state index in [1.807, 2.05) is 30.3 Å². The minimum absolute atomic E-state index is 0.242. The maximum absolute atomic E-state index is 13.9. The number of aliphatic carboxylic acids is 1. The van der Waals surface area contributed by atoms with Crippen molar-refractivity contribution in [1.82, 2.24) is 4.90 Å². The van der Waals surface area contributed by atoms with Crippen molar-refractivity contribution < 1.29 is 19.0 Å². The molecule has 1 aliphatic rings. The van der Waals surface area contributed by atoms with E-state index in [1.54, 1.807) is 13.2 Å². The van der Waals surface area contributed by atoms with Gasteiger partial charge in [0.05, 0.1) is 19.1 Å². The van der Waals surface area contributed by atoms with Crippen LogP contribution in [0.5, 0.6) is 5.75 Å². The zero-order chi connectivity index (χ0) is 17.8. The second kappa shape index (κ2) is 7.66. The molecule has 4 nitrogen and oxygen atoms in total. The zero-order valence-corrected chi connectivity index (χ0v) is 14.2. The summed E-state index contributed by atoms with van der Waals surface area (Å²) in [6.07, 6.45) is 1.48. The summed E-state index contributed by atoms with van der Waals surface area (Å²) in [4.78, 5) is 13.6. The first-order valence-corrected chi connectivity index (χ1v) is 8.45. The van der Waals surface area contributed by atoms with E-state index in [2.05, 4.69) is 4.90 Å². The summed E-state index contributed by atoms with van der Waals surface area (Å²) < 4.78 is 19.4. The van der Waals surface area contributed by atoms with Crippen molar-refractivity contribution in [2.24, 2.45) is 5.92 Å². The van der Waals surface area contributed by atoms with Gasteiger partial charge in [-0.2, -0.15) is 0 Å². The van der Waals surface area contributed by atoms with E-state index >= 15 is 0 Å². The molecule has 2 atom stereocenters. The van der Waals surface area contributed by atoms with Gasteiger partial charge in [-0.05, 0) is 43.1 Å². The third-order valence-corrected chi connectivity index (χ3v) is 4.77. The normalized spacial score (nSPS) is 19.4. The highest BCUT2D eigenvalue weighted by Crippen LogP contribution is 2.37. The van der Waals surface area contributed by atoms with Crippen LogP contribution in [0.15, 0.2) is 48.5 Å². The average molecular weight is 343 g/mol. The molecule has 0 aliphatic carbocycles. The number of likely N-dealkylation sites (tertiary alicyclic amines) is 1. The second-order valence-corrected chi connectivity index (χ2v) is 6.37. The van der Waals surface area contributed by atoms with Crippen LogP contribution in [0.4, 0.5) is 4.39 Å². The number of carboxylic acids is 1. The maximum atomic E-state index is 13.9. The number of piperidine rings is 1. The van der Waals surface area contributed by atoms with Gasteiger partial charge in [0.2, 0.25) is 0 Å². The molecule has 1 saturated heterocycles. The summed E-state index contributed by atoms with van der Waals surface area (Å²) in [7, 11) is 1.61. The molecule has 1 N–H and O–H groups in total. The first kappa shape index (κ1) is 17.4. The Hall–Kier alpha value is -2.40. The molecule has 0 saturated carbocycles. The van der Waals surface area contributed by atoms with E-state index in [0.717, 1.165) is 24.1 Å². The molecule has 0 aromatic heterocycles. The fourth-order valence-corrected chi connectivity index (χ4v) is 3.60. The molecular formula is C20H22FNO3. The molecule has 0 spiro atoms. The summed E-state index contributed by atoms with van der Waals surface area (Å²) in [5, 5.41) is 9.41. The fourth-order valence-electron chi connectivity index (χ4n) is 3.60. The lowest BCUT2D eigenvalue weighted by atomic mass is 9.91. The number of ether oxygens (including phenoxy) is 1. The smallest absolute Gasteiger partial charge is 0.307 e. The number of benzene rings is 2. The fraction of sp³-hybridized carbons (Fsp3) is 0.350. The molecule has 0 bridgehead atoms. The third-order valence-electron chi connectivity index (χ3n) is 4.77. The molecule has 3 rings (SSSR count). The molecule has 5 heteroatoms. The van der Waals surface area contributed by atoms with Gasteiger partial charge in [-0.3, -0.25) is 9.69 Å². The molecule has 2 unspecified atom stereocenters. The topological polar surface area (TPSA) is 49.8 Å². The van der Waals surface area contributed by atoms with Gasteiger partial charge < -0.3 is 9.84 Å². The van der Waals surface area contributed by atoms with Crippen molar-refractivity contribution in [1.29, 1.82) is 0 Å². The zero-order valence-electron chi connectivity index (χ0n) is 14.2. The van der Waals surface area contributed by atoms with Crippen molar-refractivity contribution >= 4 is 5.97 Å². The number of para-hydroxylation sites is 1. The van der Waals surface area contributed by atoms with Gasteiger partial charge >= 0.3 is 5.97 Å². The molecule has 0 radical (unpaired) electrons. The van der Waals surface area contributed by atoms with Crippen molar-refractivity contribution in [2.75, 3.05) is 20.2 Å². The van der Waals surface area contributed by atoms with Crippen molar-refractivity contribution in [2.45, 2.75) is 18.9 Å². The van der Waals surface area contributed by atoms with Crippen LogP contribution >= 0.6 is 0 Å². The first-order chi connectivity index (χ1) is 12.1. The Labute approximate surface area is 146 Å². The number of hydrogen-bond acceptors (Lipinski definition) is 3. The summed E-state index contributed by atoms with van der Waals surface area (Å²) in [5.74, 6) is -0.763. The number of methoxy groups -OCH3 is 1. The van der Waals surface area contributed by atoms with E-state index in [0.29, 0.717) is 18.7 Å². The van der Waals surface area contributed by atoms with Gasteiger partial charge in [0, 0.05) is 12.1 Å². The van der Waals surface area contributed by atoms with Crippen molar-refractivity contribution in [3.8, 4) is 5.75 Å². The number of carboxylic acid groups (broad SMARTS) is 1. The minimum atomic E-state index is -0.775. The third kappa shape index (κ3) is 3.82. The SMILES string of the molecule is COc1ccccc1C(c1cccc(F)c1)N1CCCC(C(=O)O)C1. The predicted molar refractivity (Wildman–Crippen MR) is 93.2 cm³/mol. The Morgan fingerprint density at radius 1 is 1.28 bits per heavy atom. The van der Waals surface area contributed by atoms with E-state index in [9.17, 15) is 14.3 Å². The lowest BCUT2D eigenvalue weighted by Gasteiger charge is -2.38. The molecule has 2 aromatic carbocycles. The van der Waals surface area contributed by atoms with E-state index in [-0.39, 0.29) is 11.9 Å². The number of carbonyl (C=O) groups is 1. The highest BCUT2D eigenvalue weighted by Gasteiger charge is 2.32. The Bertz CT molecular complexity index is 749. The average Bonchev–Trinajstić information content (AvgIpc) is 2.63. The maximum Gasteiger partial charge on any atom is 0.307 e. The van der Waals surface area contributed by atoms with E-state index in [1.165, 1.54) is 12.1 Å². The Balaban J connectivity index is 2.04. The van der Waals surface area contributed by atoms with Gasteiger partial charge in [0.1, 0.15) is 11.6 Å². The van der Waals surface area contributed by atoms with Crippen LogP contribution in [0.2, 0.25) is 0 Å². The van der Waals surface area contributed by atoms with Gasteiger partial charge in [0.25, 0.3) is 0 Å². The molecule has 1 heterocycles. The van der Waals surface area contributed by atoms with E-state index in [4.69, 9.17) is 4.74 Å². The number of rotatable bonds is 5. The minimum Gasteiger partial charge on any atom is -0.496 e. The predicted octanol–water partition coefficient (Wildman–Crippen LogP) is 3.72. The van der Waals surface area contributed by atoms with Crippen LogP contribution in [-0.2, 0) is 4.79 Å². The lowest BCUT2D eigenvalue weighted by molar-refractivity contribution is -0.143. The van der Waals surface area contributed by atoms with Crippen LogP contribution < -0.4 is 4.74 Å². The van der Waals surface area contributed by atoms with Gasteiger partial charge in [-0.25, -0.2) is 4.39 Å². The van der Waals surface area contributed by atoms with Gasteiger partial charge in [0.15, 0.2) is 0 Å². The molecular weight excluding hydrogens is 321 g/mol. The summed E-state index contributed by atoms with van der Waals surface area (Å²) in [6, 6.07) is 13.9. The van der Waals surface area contributed by atoms with Crippen LogP contribution in [0, 0.1) is 11.7 Å². The van der Waals surface area contributed by atoms with Crippen molar-refractivity contribution in [3.05, 3.63) is 65.5 Å². The molecule has 25 heavy (non-hydrogen) atoms. The Morgan fingerprint density at radius 3 is 2.80 bits per heavy atom. The number of halogens is 1. The van der Waals surface area contributed by atoms with Crippen LogP contribution in [0.3, 0.4) is 0 Å². The summed E-state index contributed by atoms with van der Waals surface area (Å²) in [5.41, 5.74) is 1.72. The monoisotopic (exact) mass is 343 g/mol. The first-order valence-electron chi connectivity index (χ1n) is 8.45. The van der Waals surface area contributed by atoms with Gasteiger partial charge in [-0.15, -0.1) is 0 Å². The van der Waals surface area contributed by atoms with Crippen molar-refractivity contribution in [3.63, 3.8) is 0 Å². The molecule has 1 fully saturated rings. The number of hydrogen-bond donors (Lipinski definition) is 1. The summed E-state index contributed by atoms with van der Waals surface area (Å²) in [6.45, 7) is 1.21. The number of nitrogens with zero attached hydrogens (tertiary/aromatic N) is 1.